The van der Waals surface area contributed by atoms with Gasteiger partial charge in [0.15, 0.2) is 5.69 Å². The average molecular weight is 278 g/mol. The number of carbonyl (C=O) groups is 1. The highest BCUT2D eigenvalue weighted by atomic mass is 32.1. The molecule has 0 fully saturated rings. The number of anilines is 2. The number of hydrogen-bond donors (Lipinski definition) is 3. The summed E-state index contributed by atoms with van der Waals surface area (Å²) in [5, 5.41) is 14.9. The molecule has 2 heterocycles. The van der Waals surface area contributed by atoms with Crippen molar-refractivity contribution in [1.82, 2.24) is 9.97 Å². The first-order valence-corrected chi connectivity index (χ1v) is 6.59. The molecule has 7 heteroatoms. The highest BCUT2D eigenvalue weighted by Gasteiger charge is 2.08. The van der Waals surface area contributed by atoms with E-state index in [0.717, 1.165) is 17.1 Å². The zero-order valence-electron chi connectivity index (χ0n) is 10.4. The number of aromatic carboxylic acids is 1. The number of carboxylic acids is 1. The molecule has 2 aromatic heterocycles. The van der Waals surface area contributed by atoms with Gasteiger partial charge < -0.3 is 16.2 Å². The predicted molar refractivity (Wildman–Crippen MR) is 74.7 cm³/mol. The zero-order chi connectivity index (χ0) is 13.8. The van der Waals surface area contributed by atoms with Gasteiger partial charge >= 0.3 is 5.97 Å². The van der Waals surface area contributed by atoms with Gasteiger partial charge in [-0.3, -0.25) is 0 Å². The molecule has 0 atom stereocenters. The molecule has 4 N–H and O–H groups in total. The minimum atomic E-state index is -1.07. The Balaban J connectivity index is 1.99. The number of rotatable bonds is 5. The molecule has 0 amide bonds. The van der Waals surface area contributed by atoms with Gasteiger partial charge in [0.2, 0.25) is 0 Å². The SMILES string of the molecule is Cc1csc(CCNc2nc(C(=O)O)ccc2N)n1. The molecule has 0 aliphatic carbocycles. The Hall–Kier alpha value is -2.15. The Morgan fingerprint density at radius 3 is 2.89 bits per heavy atom. The lowest BCUT2D eigenvalue weighted by Gasteiger charge is -2.08. The van der Waals surface area contributed by atoms with Crippen molar-refractivity contribution < 1.29 is 9.90 Å². The summed E-state index contributed by atoms with van der Waals surface area (Å²) in [6, 6.07) is 2.92. The van der Waals surface area contributed by atoms with E-state index in [1.165, 1.54) is 12.1 Å². The lowest BCUT2D eigenvalue weighted by Crippen LogP contribution is -2.11. The lowest BCUT2D eigenvalue weighted by molar-refractivity contribution is 0.0690. The Kier molecular flexibility index (Phi) is 3.96. The van der Waals surface area contributed by atoms with Crippen LogP contribution in [0.5, 0.6) is 0 Å². The van der Waals surface area contributed by atoms with Crippen LogP contribution >= 0.6 is 11.3 Å². The quantitative estimate of drug-likeness (QED) is 0.770. The zero-order valence-corrected chi connectivity index (χ0v) is 11.2. The van der Waals surface area contributed by atoms with Gasteiger partial charge in [-0.15, -0.1) is 11.3 Å². The van der Waals surface area contributed by atoms with Crippen molar-refractivity contribution >= 4 is 28.8 Å². The van der Waals surface area contributed by atoms with Gasteiger partial charge in [0.25, 0.3) is 0 Å². The van der Waals surface area contributed by atoms with Crippen molar-refractivity contribution in [1.29, 1.82) is 0 Å². The molecule has 19 heavy (non-hydrogen) atoms. The molecule has 0 saturated heterocycles. The number of carboxylic acid groups (broad SMARTS) is 1. The first-order valence-electron chi connectivity index (χ1n) is 5.71. The van der Waals surface area contributed by atoms with Crippen LogP contribution in [0, 0.1) is 6.92 Å². The second-order valence-electron chi connectivity index (χ2n) is 4.00. The summed E-state index contributed by atoms with van der Waals surface area (Å²) in [6.45, 7) is 2.55. The number of nitrogens with one attached hydrogen (secondary N) is 1. The van der Waals surface area contributed by atoms with Crippen LogP contribution in [0.1, 0.15) is 21.2 Å². The van der Waals surface area contributed by atoms with Crippen molar-refractivity contribution in [3.63, 3.8) is 0 Å². The van der Waals surface area contributed by atoms with Crippen molar-refractivity contribution in [3.05, 3.63) is 33.9 Å². The third kappa shape index (κ3) is 3.41. The summed E-state index contributed by atoms with van der Waals surface area (Å²) in [7, 11) is 0. The molecular formula is C12H14N4O2S. The van der Waals surface area contributed by atoms with E-state index < -0.39 is 5.97 Å². The molecule has 2 rings (SSSR count). The van der Waals surface area contributed by atoms with E-state index in [1.54, 1.807) is 11.3 Å². The molecule has 100 valence electrons. The topological polar surface area (TPSA) is 101 Å². The minimum Gasteiger partial charge on any atom is -0.477 e. The summed E-state index contributed by atoms with van der Waals surface area (Å²) in [6.07, 6.45) is 0.747. The largest absolute Gasteiger partial charge is 0.477 e. The molecule has 0 radical (unpaired) electrons. The lowest BCUT2D eigenvalue weighted by atomic mass is 10.3. The van der Waals surface area contributed by atoms with Crippen molar-refractivity contribution in [2.24, 2.45) is 0 Å². The molecule has 0 aromatic carbocycles. The number of nitrogens with zero attached hydrogens (tertiary/aromatic N) is 2. The number of aryl methyl sites for hydroxylation is 1. The maximum atomic E-state index is 10.8. The normalized spacial score (nSPS) is 10.4. The van der Waals surface area contributed by atoms with Crippen LogP contribution in [0.4, 0.5) is 11.5 Å². The third-order valence-electron chi connectivity index (χ3n) is 2.44. The fraction of sp³-hybridized carbons (Fsp3) is 0.250. The summed E-state index contributed by atoms with van der Waals surface area (Å²) < 4.78 is 0. The summed E-state index contributed by atoms with van der Waals surface area (Å²) >= 11 is 1.60. The first-order chi connectivity index (χ1) is 9.06. The number of pyridine rings is 1. The molecule has 0 saturated carbocycles. The molecule has 0 spiro atoms. The van der Waals surface area contributed by atoms with Crippen LogP contribution in [0.3, 0.4) is 0 Å². The molecule has 6 nitrogen and oxygen atoms in total. The summed E-state index contributed by atoms with van der Waals surface area (Å²) in [5.74, 6) is -0.674. The van der Waals surface area contributed by atoms with Crippen molar-refractivity contribution in [2.75, 3.05) is 17.6 Å². The highest BCUT2D eigenvalue weighted by molar-refractivity contribution is 7.09. The van der Waals surface area contributed by atoms with Gasteiger partial charge in [0.05, 0.1) is 10.7 Å². The summed E-state index contributed by atoms with van der Waals surface area (Å²) in [5.41, 5.74) is 7.15. The number of hydrogen-bond acceptors (Lipinski definition) is 6. The van der Waals surface area contributed by atoms with Crippen molar-refractivity contribution in [3.8, 4) is 0 Å². The molecule has 0 aliphatic rings. The third-order valence-corrected chi connectivity index (χ3v) is 3.47. The smallest absolute Gasteiger partial charge is 0.354 e. The van der Waals surface area contributed by atoms with E-state index in [4.69, 9.17) is 10.8 Å². The van der Waals surface area contributed by atoms with Crippen LogP contribution in [0.15, 0.2) is 17.5 Å². The van der Waals surface area contributed by atoms with E-state index in [1.807, 2.05) is 12.3 Å². The van der Waals surface area contributed by atoms with Gasteiger partial charge in [-0.2, -0.15) is 0 Å². The average Bonchev–Trinajstić information content (AvgIpc) is 2.77. The van der Waals surface area contributed by atoms with Gasteiger partial charge in [-0.05, 0) is 19.1 Å². The van der Waals surface area contributed by atoms with E-state index in [0.29, 0.717) is 18.1 Å². The fourth-order valence-corrected chi connectivity index (χ4v) is 2.31. The maximum absolute atomic E-state index is 10.8. The van der Waals surface area contributed by atoms with Gasteiger partial charge in [0.1, 0.15) is 5.82 Å². The van der Waals surface area contributed by atoms with Gasteiger partial charge in [0, 0.05) is 24.0 Å². The minimum absolute atomic E-state index is 0.0261. The van der Waals surface area contributed by atoms with Crippen LogP contribution < -0.4 is 11.1 Å². The van der Waals surface area contributed by atoms with E-state index in [9.17, 15) is 4.79 Å². The van der Waals surface area contributed by atoms with E-state index >= 15 is 0 Å². The monoisotopic (exact) mass is 278 g/mol. The second-order valence-corrected chi connectivity index (χ2v) is 4.94. The number of nitrogen functional groups attached to an aromatic ring is 1. The highest BCUT2D eigenvalue weighted by Crippen LogP contribution is 2.16. The predicted octanol–water partition coefficient (Wildman–Crippen LogP) is 1.78. The number of aromatic nitrogens is 2. The number of thiazole rings is 1. The molecule has 2 aromatic rings. The Labute approximate surface area is 114 Å². The molecule has 0 unspecified atom stereocenters. The van der Waals surface area contributed by atoms with E-state index in [-0.39, 0.29) is 5.69 Å². The summed E-state index contributed by atoms with van der Waals surface area (Å²) in [4.78, 5) is 19.1. The Morgan fingerprint density at radius 1 is 1.47 bits per heavy atom. The first kappa shape index (κ1) is 13.3. The van der Waals surface area contributed by atoms with Gasteiger partial charge in [-0.25, -0.2) is 14.8 Å². The van der Waals surface area contributed by atoms with E-state index in [2.05, 4.69) is 15.3 Å². The van der Waals surface area contributed by atoms with Crippen LogP contribution in [-0.4, -0.2) is 27.6 Å². The van der Waals surface area contributed by atoms with Crippen molar-refractivity contribution in [2.45, 2.75) is 13.3 Å². The van der Waals surface area contributed by atoms with Gasteiger partial charge in [-0.1, -0.05) is 0 Å². The second kappa shape index (κ2) is 5.66. The molecule has 0 aliphatic heterocycles. The van der Waals surface area contributed by atoms with Crippen LogP contribution in [0.2, 0.25) is 0 Å². The van der Waals surface area contributed by atoms with Crippen LogP contribution in [-0.2, 0) is 6.42 Å². The molecule has 0 bridgehead atoms. The van der Waals surface area contributed by atoms with Crippen LogP contribution in [0.25, 0.3) is 0 Å². The Bertz CT molecular complexity index is 597. The Morgan fingerprint density at radius 2 is 2.26 bits per heavy atom. The number of nitrogens with two attached hydrogens (primary N) is 1. The molecular weight excluding hydrogens is 264 g/mol. The fourth-order valence-electron chi connectivity index (χ4n) is 1.54. The standard InChI is InChI=1S/C12H14N4O2S/c1-7-6-19-10(15-7)4-5-14-11-8(13)2-3-9(16-11)12(17)18/h2-3,6H,4-5,13H2,1H3,(H,14,16)(H,17,18). The maximum Gasteiger partial charge on any atom is 0.354 e.